The number of aromatic hydroxyl groups is 1. The van der Waals surface area contributed by atoms with E-state index < -0.39 is 11.5 Å². The molecule has 60 heavy (non-hydrogen) atoms. The number of aliphatic hydroxyl groups excluding tert-OH is 1. The Morgan fingerprint density at radius 3 is 2.20 bits per heavy atom. The highest BCUT2D eigenvalue weighted by atomic mass is 16.5. The molecule has 1 atom stereocenters. The van der Waals surface area contributed by atoms with Gasteiger partial charge in [0.25, 0.3) is 5.91 Å². The molecule has 6 aromatic rings. The van der Waals surface area contributed by atoms with Crippen LogP contribution in [0.25, 0.3) is 10.9 Å². The number of piperidine rings is 1. The number of rotatable bonds is 15. The molecule has 2 aliphatic heterocycles. The summed E-state index contributed by atoms with van der Waals surface area (Å²) in [6, 6.07) is 41.3. The van der Waals surface area contributed by atoms with E-state index in [9.17, 15) is 24.6 Å². The molecule has 2 saturated heterocycles. The molecule has 0 saturated carbocycles. The number of hydrogen-bond acceptors (Lipinski definition) is 9. The number of nitrogens with zero attached hydrogens (tertiary/aromatic N) is 2. The summed E-state index contributed by atoms with van der Waals surface area (Å²) in [4.78, 5) is 45.9. The molecule has 4 N–H and O–H groups in total. The molecular weight excluding hydrogens is 757 g/mol. The van der Waals surface area contributed by atoms with Crippen molar-refractivity contribution < 1.29 is 29.3 Å². The van der Waals surface area contributed by atoms with Gasteiger partial charge in [-0.3, -0.25) is 19.3 Å². The van der Waals surface area contributed by atoms with Crippen LogP contribution in [-0.4, -0.2) is 76.2 Å². The second kappa shape index (κ2) is 18.3. The van der Waals surface area contributed by atoms with Crippen LogP contribution in [0.5, 0.6) is 11.5 Å². The first-order chi connectivity index (χ1) is 29.2. The average molecular weight is 807 g/mol. The molecule has 3 heterocycles. The van der Waals surface area contributed by atoms with Crippen LogP contribution in [0.15, 0.2) is 138 Å². The lowest BCUT2D eigenvalue weighted by Gasteiger charge is -2.48. The SMILES string of the molecule is O=C(c1ccc(OCc2ccc(CNC[C@H](O)c3ccc(O)c4[nH]c(=O)ccc34)cc2)cc1)N1CC(C(=O)OCC2CCN(Cc3ccccc3)CC2)(c2ccccc2)C1. The summed E-state index contributed by atoms with van der Waals surface area (Å²) in [5.41, 5.74) is 4.39. The van der Waals surface area contributed by atoms with Crippen molar-refractivity contribution in [2.24, 2.45) is 5.92 Å². The molecule has 308 valence electrons. The number of benzene rings is 5. The van der Waals surface area contributed by atoms with Crippen molar-refractivity contribution in [2.75, 3.05) is 39.3 Å². The molecule has 0 aliphatic carbocycles. The topological polar surface area (TPSA) is 144 Å². The van der Waals surface area contributed by atoms with Gasteiger partial charge >= 0.3 is 5.97 Å². The Bertz CT molecular complexity index is 2440. The molecule has 0 spiro atoms. The number of H-pyrrole nitrogens is 1. The number of carbonyl (C=O) groups excluding carboxylic acids is 2. The minimum absolute atomic E-state index is 0.0472. The van der Waals surface area contributed by atoms with Crippen LogP contribution in [0, 0.1) is 5.92 Å². The van der Waals surface area contributed by atoms with Crippen LogP contribution >= 0.6 is 0 Å². The van der Waals surface area contributed by atoms with Gasteiger partial charge in [-0.25, -0.2) is 0 Å². The van der Waals surface area contributed by atoms with Crippen LogP contribution in [0.4, 0.5) is 0 Å². The summed E-state index contributed by atoms with van der Waals surface area (Å²) < 4.78 is 12.1. The van der Waals surface area contributed by atoms with Crippen LogP contribution in [-0.2, 0) is 34.6 Å². The number of phenolic OH excluding ortho intramolecular Hbond substituents is 1. The Morgan fingerprint density at radius 2 is 1.48 bits per heavy atom. The van der Waals surface area contributed by atoms with E-state index in [4.69, 9.17) is 9.47 Å². The van der Waals surface area contributed by atoms with Gasteiger partial charge in [0, 0.05) is 49.7 Å². The van der Waals surface area contributed by atoms with Gasteiger partial charge in [-0.1, -0.05) is 91.0 Å². The summed E-state index contributed by atoms with van der Waals surface area (Å²) in [5, 5.41) is 24.8. The van der Waals surface area contributed by atoms with Gasteiger partial charge in [0.15, 0.2) is 0 Å². The van der Waals surface area contributed by atoms with Crippen LogP contribution in [0.1, 0.15) is 57.1 Å². The molecule has 0 radical (unpaired) electrons. The quantitative estimate of drug-likeness (QED) is 0.0858. The van der Waals surface area contributed by atoms with Crippen LogP contribution in [0.2, 0.25) is 0 Å². The second-order valence-electron chi connectivity index (χ2n) is 16.0. The minimum atomic E-state index is -0.895. The van der Waals surface area contributed by atoms with Crippen molar-refractivity contribution in [2.45, 2.75) is 44.1 Å². The van der Waals surface area contributed by atoms with Gasteiger partial charge < -0.3 is 34.9 Å². The fourth-order valence-electron chi connectivity index (χ4n) is 8.23. The lowest BCUT2D eigenvalue weighted by molar-refractivity contribution is -0.158. The number of pyridine rings is 1. The van der Waals surface area contributed by atoms with Crippen molar-refractivity contribution in [3.8, 4) is 11.5 Å². The molecule has 2 fully saturated rings. The Balaban J connectivity index is 0.790. The van der Waals surface area contributed by atoms with E-state index >= 15 is 0 Å². The number of nitrogens with one attached hydrogen (secondary N) is 2. The van der Waals surface area contributed by atoms with E-state index in [1.54, 1.807) is 41.3 Å². The fourth-order valence-corrected chi connectivity index (χ4v) is 8.23. The van der Waals surface area contributed by atoms with Gasteiger partial charge in [0.1, 0.15) is 23.5 Å². The first-order valence-electron chi connectivity index (χ1n) is 20.6. The predicted molar refractivity (Wildman–Crippen MR) is 230 cm³/mol. The van der Waals surface area contributed by atoms with Gasteiger partial charge in [-0.05, 0) is 96.1 Å². The number of amides is 1. The predicted octanol–water partition coefficient (Wildman–Crippen LogP) is 6.49. The molecule has 8 rings (SSSR count). The lowest BCUT2D eigenvalue weighted by atomic mass is 9.73. The number of aliphatic hydroxyl groups is 1. The molecule has 11 heteroatoms. The number of phenols is 1. The van der Waals surface area contributed by atoms with E-state index in [-0.39, 0.29) is 42.8 Å². The second-order valence-corrected chi connectivity index (χ2v) is 16.0. The number of aromatic amines is 1. The number of fused-ring (bicyclic) bond motifs is 1. The van der Waals surface area contributed by atoms with E-state index in [1.807, 2.05) is 60.7 Å². The van der Waals surface area contributed by atoms with Crippen molar-refractivity contribution in [3.63, 3.8) is 0 Å². The lowest BCUT2D eigenvalue weighted by Crippen LogP contribution is -2.65. The number of hydrogen-bond donors (Lipinski definition) is 4. The maximum absolute atomic E-state index is 13.8. The third-order valence-electron chi connectivity index (χ3n) is 11.8. The van der Waals surface area contributed by atoms with Gasteiger partial charge in [0.2, 0.25) is 5.56 Å². The third-order valence-corrected chi connectivity index (χ3v) is 11.8. The number of ether oxygens (including phenoxy) is 2. The van der Waals surface area contributed by atoms with Crippen LogP contribution in [0.3, 0.4) is 0 Å². The number of likely N-dealkylation sites (tertiary alicyclic amines) is 2. The highest BCUT2D eigenvalue weighted by Crippen LogP contribution is 2.38. The Morgan fingerprint density at radius 1 is 0.800 bits per heavy atom. The molecule has 1 aromatic heterocycles. The Hall–Kier alpha value is -6.27. The number of carbonyl (C=O) groups is 2. The maximum Gasteiger partial charge on any atom is 0.320 e. The summed E-state index contributed by atoms with van der Waals surface area (Å²) in [5.74, 6) is 0.493. The Labute approximate surface area is 349 Å². The van der Waals surface area contributed by atoms with E-state index in [0.717, 1.165) is 49.2 Å². The standard InChI is InChI=1S/C49H50N4O7/c54-43-21-19-41(42-20-22-45(56)51-46(42)43)44(55)28-50-27-34-11-13-36(14-12-34)30-59-40-17-15-38(16-18-40)47(57)53-32-49(33-53,39-9-5-2-6-10-39)48(58)60-31-37-23-25-52(26-24-37)29-35-7-3-1-4-8-35/h1-22,37,44,50,54-55H,23-33H2,(H,51,56)/t44-/m0/s1. The average Bonchev–Trinajstić information content (AvgIpc) is 3.26. The third kappa shape index (κ3) is 9.29. The first kappa shape index (κ1) is 40.5. The maximum atomic E-state index is 13.8. The Kier molecular flexibility index (Phi) is 12.4. The summed E-state index contributed by atoms with van der Waals surface area (Å²) in [6.45, 7) is 4.93. The highest BCUT2D eigenvalue weighted by Gasteiger charge is 2.53. The molecule has 11 nitrogen and oxygen atoms in total. The molecule has 0 bridgehead atoms. The monoisotopic (exact) mass is 806 g/mol. The first-order valence-corrected chi connectivity index (χ1v) is 20.6. The van der Waals surface area contributed by atoms with Crippen molar-refractivity contribution in [3.05, 3.63) is 177 Å². The molecule has 2 aliphatic rings. The van der Waals surface area contributed by atoms with Crippen molar-refractivity contribution in [1.82, 2.24) is 20.1 Å². The van der Waals surface area contributed by atoms with E-state index in [1.165, 1.54) is 17.7 Å². The van der Waals surface area contributed by atoms with E-state index in [2.05, 4.69) is 39.5 Å². The zero-order valence-electron chi connectivity index (χ0n) is 33.5. The largest absolute Gasteiger partial charge is 0.506 e. The van der Waals surface area contributed by atoms with Crippen LogP contribution < -0.4 is 15.6 Å². The molecule has 5 aromatic carbocycles. The van der Waals surface area contributed by atoms with Crippen molar-refractivity contribution >= 4 is 22.8 Å². The smallest absolute Gasteiger partial charge is 0.320 e. The summed E-state index contributed by atoms with van der Waals surface area (Å²) in [7, 11) is 0. The van der Waals surface area contributed by atoms with Crippen molar-refractivity contribution in [1.29, 1.82) is 0 Å². The summed E-state index contributed by atoms with van der Waals surface area (Å²) in [6.07, 6.45) is 1.12. The normalized spacial score (nSPS) is 15.9. The van der Waals surface area contributed by atoms with E-state index in [0.29, 0.717) is 53.5 Å². The molecular formula is C49H50N4O7. The summed E-state index contributed by atoms with van der Waals surface area (Å²) >= 11 is 0. The minimum Gasteiger partial charge on any atom is -0.506 e. The van der Waals surface area contributed by atoms with Gasteiger partial charge in [0.05, 0.1) is 18.2 Å². The number of esters is 1. The number of aromatic nitrogens is 1. The zero-order valence-corrected chi connectivity index (χ0v) is 33.5. The van der Waals surface area contributed by atoms with Gasteiger partial charge in [-0.2, -0.15) is 0 Å². The molecule has 0 unspecified atom stereocenters. The molecule has 1 amide bonds. The fraction of sp³-hybridized carbons (Fsp3) is 0.286. The van der Waals surface area contributed by atoms with Gasteiger partial charge in [-0.15, -0.1) is 0 Å². The highest BCUT2D eigenvalue weighted by molar-refractivity contribution is 5.97. The zero-order chi connectivity index (χ0) is 41.5.